The molecular formula is C19H21FN2O2. The van der Waals surface area contributed by atoms with Crippen molar-refractivity contribution >= 4 is 5.91 Å². The third-order valence-electron chi connectivity index (χ3n) is 4.11. The maximum atomic E-state index is 12.9. The van der Waals surface area contributed by atoms with Crippen LogP contribution in [0.2, 0.25) is 0 Å². The molecule has 0 bridgehead atoms. The van der Waals surface area contributed by atoms with Gasteiger partial charge in [0.15, 0.2) is 0 Å². The van der Waals surface area contributed by atoms with Gasteiger partial charge < -0.3 is 15.4 Å². The molecule has 1 amide bonds. The molecule has 2 aromatic rings. The van der Waals surface area contributed by atoms with Crippen LogP contribution in [0.15, 0.2) is 48.5 Å². The average molecular weight is 328 g/mol. The zero-order chi connectivity index (χ0) is 16.8. The molecule has 0 spiro atoms. The molecule has 4 nitrogen and oxygen atoms in total. The number of benzene rings is 2. The van der Waals surface area contributed by atoms with Gasteiger partial charge in [-0.15, -0.1) is 0 Å². The van der Waals surface area contributed by atoms with E-state index in [2.05, 4.69) is 10.6 Å². The lowest BCUT2D eigenvalue weighted by Crippen LogP contribution is -2.40. The molecule has 0 unspecified atom stereocenters. The molecule has 0 saturated carbocycles. The van der Waals surface area contributed by atoms with E-state index in [9.17, 15) is 9.18 Å². The van der Waals surface area contributed by atoms with Gasteiger partial charge in [0.2, 0.25) is 5.91 Å². The molecule has 0 aromatic heterocycles. The number of amides is 1. The second-order valence-corrected chi connectivity index (χ2v) is 5.96. The summed E-state index contributed by atoms with van der Waals surface area (Å²) in [4.78, 5) is 12.1. The summed E-state index contributed by atoms with van der Waals surface area (Å²) in [5.41, 5.74) is 1.01. The Kier molecular flexibility index (Phi) is 5.43. The zero-order valence-corrected chi connectivity index (χ0v) is 13.4. The Morgan fingerprint density at radius 1 is 1.12 bits per heavy atom. The summed E-state index contributed by atoms with van der Waals surface area (Å²) in [6, 6.07) is 13.4. The van der Waals surface area contributed by atoms with Gasteiger partial charge in [-0.05, 0) is 61.3 Å². The lowest BCUT2D eigenvalue weighted by molar-refractivity contribution is -0.125. The van der Waals surface area contributed by atoms with Crippen molar-refractivity contribution < 1.29 is 13.9 Å². The molecule has 1 fully saturated rings. The van der Waals surface area contributed by atoms with Crippen molar-refractivity contribution in [2.24, 2.45) is 5.92 Å². The maximum absolute atomic E-state index is 12.9. The Balaban J connectivity index is 1.50. The van der Waals surface area contributed by atoms with Crippen LogP contribution in [0, 0.1) is 11.7 Å². The van der Waals surface area contributed by atoms with E-state index in [4.69, 9.17) is 4.74 Å². The van der Waals surface area contributed by atoms with Crippen LogP contribution in [0.5, 0.6) is 11.5 Å². The predicted octanol–water partition coefficient (Wildman–Crippen LogP) is 3.23. The minimum atomic E-state index is -0.290. The van der Waals surface area contributed by atoms with Gasteiger partial charge in [-0.1, -0.05) is 12.1 Å². The quantitative estimate of drug-likeness (QED) is 0.886. The lowest BCUT2D eigenvalue weighted by Gasteiger charge is -2.21. The van der Waals surface area contributed by atoms with Gasteiger partial charge in [0.25, 0.3) is 0 Å². The van der Waals surface area contributed by atoms with E-state index < -0.39 is 0 Å². The van der Waals surface area contributed by atoms with Gasteiger partial charge in [0, 0.05) is 13.1 Å². The topological polar surface area (TPSA) is 50.4 Å². The molecule has 3 rings (SSSR count). The molecule has 2 aromatic carbocycles. The minimum absolute atomic E-state index is 0.0693. The number of hydrogen-bond acceptors (Lipinski definition) is 3. The van der Waals surface area contributed by atoms with Crippen LogP contribution in [0.1, 0.15) is 18.4 Å². The molecule has 24 heavy (non-hydrogen) atoms. The zero-order valence-electron chi connectivity index (χ0n) is 13.4. The normalized spacial score (nSPS) is 17.3. The van der Waals surface area contributed by atoms with E-state index in [1.807, 2.05) is 24.3 Å². The van der Waals surface area contributed by atoms with Crippen molar-refractivity contribution in [2.45, 2.75) is 19.4 Å². The Morgan fingerprint density at radius 2 is 1.79 bits per heavy atom. The second kappa shape index (κ2) is 7.93. The number of halogens is 1. The first-order valence-corrected chi connectivity index (χ1v) is 8.21. The first kappa shape index (κ1) is 16.5. The second-order valence-electron chi connectivity index (χ2n) is 5.96. The number of carbonyl (C=O) groups excluding carboxylic acids is 1. The summed E-state index contributed by atoms with van der Waals surface area (Å²) in [5.74, 6) is 1.14. The van der Waals surface area contributed by atoms with Gasteiger partial charge in [-0.25, -0.2) is 4.39 Å². The minimum Gasteiger partial charge on any atom is -0.457 e. The summed E-state index contributed by atoms with van der Waals surface area (Å²) in [7, 11) is 0. The van der Waals surface area contributed by atoms with Crippen LogP contribution in [0.25, 0.3) is 0 Å². The van der Waals surface area contributed by atoms with Gasteiger partial charge in [0.1, 0.15) is 17.3 Å². The number of ether oxygens (including phenoxy) is 1. The lowest BCUT2D eigenvalue weighted by atomic mass is 9.99. The van der Waals surface area contributed by atoms with E-state index in [0.717, 1.165) is 31.5 Å². The van der Waals surface area contributed by atoms with Crippen LogP contribution in [0.3, 0.4) is 0 Å². The molecule has 1 aliphatic rings. The number of nitrogens with one attached hydrogen (secondary N) is 2. The van der Waals surface area contributed by atoms with Crippen molar-refractivity contribution in [3.05, 3.63) is 59.9 Å². The molecule has 2 N–H and O–H groups in total. The fourth-order valence-electron chi connectivity index (χ4n) is 2.72. The van der Waals surface area contributed by atoms with Crippen LogP contribution >= 0.6 is 0 Å². The summed E-state index contributed by atoms with van der Waals surface area (Å²) < 4.78 is 18.5. The summed E-state index contributed by atoms with van der Waals surface area (Å²) >= 11 is 0. The molecule has 0 aliphatic carbocycles. The fraction of sp³-hybridized carbons (Fsp3) is 0.316. The molecular weight excluding hydrogens is 307 g/mol. The molecule has 5 heteroatoms. The highest BCUT2D eigenvalue weighted by Gasteiger charge is 2.20. The molecule has 1 heterocycles. The SMILES string of the molecule is O=C(NCc1ccc(Oc2ccc(F)cc2)cc1)[C@@H]1CCCNC1. The highest BCUT2D eigenvalue weighted by molar-refractivity contribution is 5.78. The Bertz CT molecular complexity index is 665. The number of carbonyl (C=O) groups is 1. The van der Waals surface area contributed by atoms with Gasteiger partial charge in [0.05, 0.1) is 5.92 Å². The van der Waals surface area contributed by atoms with Crippen LogP contribution in [0.4, 0.5) is 4.39 Å². The predicted molar refractivity (Wildman–Crippen MR) is 90.4 cm³/mol. The highest BCUT2D eigenvalue weighted by atomic mass is 19.1. The average Bonchev–Trinajstić information content (AvgIpc) is 2.63. The van der Waals surface area contributed by atoms with Crippen LogP contribution < -0.4 is 15.4 Å². The number of hydrogen-bond donors (Lipinski definition) is 2. The largest absolute Gasteiger partial charge is 0.457 e. The standard InChI is InChI=1S/C19H21FN2O2/c20-16-5-9-18(10-6-16)24-17-7-3-14(4-8-17)12-22-19(23)15-2-1-11-21-13-15/h3-10,15,21H,1-2,11-13H2,(H,22,23)/t15-/m1/s1. The van der Waals surface area contributed by atoms with E-state index in [-0.39, 0.29) is 17.6 Å². The van der Waals surface area contributed by atoms with Crippen molar-refractivity contribution in [2.75, 3.05) is 13.1 Å². The van der Waals surface area contributed by atoms with E-state index in [1.54, 1.807) is 12.1 Å². The number of piperidine rings is 1. The third kappa shape index (κ3) is 4.55. The van der Waals surface area contributed by atoms with Crippen LogP contribution in [-0.2, 0) is 11.3 Å². The van der Waals surface area contributed by atoms with E-state index in [1.165, 1.54) is 12.1 Å². The summed E-state index contributed by atoms with van der Waals surface area (Å²) in [6.45, 7) is 2.27. The van der Waals surface area contributed by atoms with Crippen molar-refractivity contribution in [1.29, 1.82) is 0 Å². The first-order valence-electron chi connectivity index (χ1n) is 8.21. The van der Waals surface area contributed by atoms with E-state index in [0.29, 0.717) is 18.0 Å². The number of rotatable bonds is 5. The van der Waals surface area contributed by atoms with Crippen molar-refractivity contribution in [3.63, 3.8) is 0 Å². The molecule has 126 valence electrons. The summed E-state index contributed by atoms with van der Waals surface area (Å²) in [6.07, 6.45) is 2.00. The maximum Gasteiger partial charge on any atom is 0.224 e. The third-order valence-corrected chi connectivity index (χ3v) is 4.11. The van der Waals surface area contributed by atoms with Crippen molar-refractivity contribution in [3.8, 4) is 11.5 Å². The smallest absolute Gasteiger partial charge is 0.224 e. The molecule has 1 saturated heterocycles. The van der Waals surface area contributed by atoms with Crippen molar-refractivity contribution in [1.82, 2.24) is 10.6 Å². The summed E-state index contributed by atoms with van der Waals surface area (Å²) in [5, 5.41) is 6.23. The molecule has 1 atom stereocenters. The van der Waals surface area contributed by atoms with Gasteiger partial charge >= 0.3 is 0 Å². The Labute approximate surface area is 141 Å². The highest BCUT2D eigenvalue weighted by Crippen LogP contribution is 2.22. The van der Waals surface area contributed by atoms with Gasteiger partial charge in [-0.3, -0.25) is 4.79 Å². The first-order chi connectivity index (χ1) is 11.7. The van der Waals surface area contributed by atoms with E-state index >= 15 is 0 Å². The molecule has 1 aliphatic heterocycles. The molecule has 0 radical (unpaired) electrons. The Hall–Kier alpha value is -2.40. The fourth-order valence-corrected chi connectivity index (χ4v) is 2.72. The van der Waals surface area contributed by atoms with Gasteiger partial charge in [-0.2, -0.15) is 0 Å². The van der Waals surface area contributed by atoms with Crippen LogP contribution in [-0.4, -0.2) is 19.0 Å². The monoisotopic (exact) mass is 328 g/mol. The Morgan fingerprint density at radius 3 is 2.42 bits per heavy atom.